The fourth-order valence-electron chi connectivity index (χ4n) is 2.21. The fourth-order valence-corrected chi connectivity index (χ4v) is 2.33. The average Bonchev–Trinajstić information content (AvgIpc) is 2.52. The lowest BCUT2D eigenvalue weighted by atomic mass is 10.3. The van der Waals surface area contributed by atoms with Crippen LogP contribution < -0.4 is 15.0 Å². The molecule has 2 rings (SSSR count). The van der Waals surface area contributed by atoms with Crippen molar-refractivity contribution in [3.05, 3.63) is 29.3 Å². The molecule has 0 atom stereocenters. The quantitative estimate of drug-likeness (QED) is 0.704. The summed E-state index contributed by atoms with van der Waals surface area (Å²) in [7, 11) is 0. The zero-order valence-electron chi connectivity index (χ0n) is 12.1. The molecule has 1 saturated heterocycles. The van der Waals surface area contributed by atoms with Crippen LogP contribution in [0.15, 0.2) is 24.3 Å². The van der Waals surface area contributed by atoms with Gasteiger partial charge in [0.15, 0.2) is 6.61 Å². The van der Waals surface area contributed by atoms with Gasteiger partial charge in [0.25, 0.3) is 5.91 Å². The number of halogens is 1. The van der Waals surface area contributed by atoms with Crippen molar-refractivity contribution in [1.29, 1.82) is 0 Å². The number of hydrogen-bond acceptors (Lipinski definition) is 3. The van der Waals surface area contributed by atoms with Crippen LogP contribution in [0.25, 0.3) is 0 Å². The van der Waals surface area contributed by atoms with Crippen LogP contribution in [-0.4, -0.2) is 51.9 Å². The lowest BCUT2D eigenvalue weighted by Crippen LogP contribution is -3.14. The SMILES string of the molecule is O=C(COc1ccc(Cl)cc1)NCCC[NH+]1CCOCC1. The summed E-state index contributed by atoms with van der Waals surface area (Å²) in [6.07, 6.45) is 0.974. The monoisotopic (exact) mass is 313 g/mol. The highest BCUT2D eigenvalue weighted by molar-refractivity contribution is 6.30. The molecular weight excluding hydrogens is 292 g/mol. The number of rotatable bonds is 7. The molecule has 116 valence electrons. The van der Waals surface area contributed by atoms with Crippen molar-refractivity contribution < 1.29 is 19.2 Å². The molecule has 0 aliphatic carbocycles. The first-order valence-corrected chi connectivity index (χ1v) is 7.68. The van der Waals surface area contributed by atoms with E-state index in [0.717, 1.165) is 39.3 Å². The van der Waals surface area contributed by atoms with Gasteiger partial charge in [-0.15, -0.1) is 0 Å². The van der Waals surface area contributed by atoms with Crippen LogP contribution in [0, 0.1) is 0 Å². The molecule has 6 heteroatoms. The third-order valence-corrected chi connectivity index (χ3v) is 3.66. The molecule has 0 spiro atoms. The van der Waals surface area contributed by atoms with E-state index in [1.165, 1.54) is 0 Å². The number of benzene rings is 1. The van der Waals surface area contributed by atoms with Gasteiger partial charge in [-0.05, 0) is 24.3 Å². The Morgan fingerprint density at radius 3 is 2.71 bits per heavy atom. The molecule has 0 saturated carbocycles. The van der Waals surface area contributed by atoms with Crippen LogP contribution in [0.3, 0.4) is 0 Å². The lowest BCUT2D eigenvalue weighted by Gasteiger charge is -2.23. The molecule has 1 fully saturated rings. The van der Waals surface area contributed by atoms with E-state index in [-0.39, 0.29) is 12.5 Å². The highest BCUT2D eigenvalue weighted by Crippen LogP contribution is 2.15. The molecule has 1 aliphatic heterocycles. The number of hydrogen-bond donors (Lipinski definition) is 2. The minimum Gasteiger partial charge on any atom is -0.484 e. The van der Waals surface area contributed by atoms with E-state index in [1.807, 2.05) is 0 Å². The van der Waals surface area contributed by atoms with Crippen LogP contribution in [0.4, 0.5) is 0 Å². The summed E-state index contributed by atoms with van der Waals surface area (Å²) in [6, 6.07) is 6.97. The molecule has 1 aromatic carbocycles. The predicted molar refractivity (Wildman–Crippen MR) is 81.0 cm³/mol. The van der Waals surface area contributed by atoms with Gasteiger partial charge in [-0.25, -0.2) is 0 Å². The maximum Gasteiger partial charge on any atom is 0.257 e. The third kappa shape index (κ3) is 6.33. The van der Waals surface area contributed by atoms with Gasteiger partial charge in [0.05, 0.1) is 19.8 Å². The van der Waals surface area contributed by atoms with Gasteiger partial charge in [-0.3, -0.25) is 4.79 Å². The number of quaternary nitrogens is 1. The topological polar surface area (TPSA) is 52.0 Å². The van der Waals surface area contributed by atoms with Gasteiger partial charge in [0.2, 0.25) is 0 Å². The highest BCUT2D eigenvalue weighted by atomic mass is 35.5. The Bertz CT molecular complexity index is 433. The van der Waals surface area contributed by atoms with Crippen molar-refractivity contribution in [2.24, 2.45) is 0 Å². The number of amides is 1. The Labute approximate surface area is 130 Å². The van der Waals surface area contributed by atoms with Gasteiger partial charge >= 0.3 is 0 Å². The molecule has 5 nitrogen and oxygen atoms in total. The molecular formula is C15H22ClN2O3+. The van der Waals surface area contributed by atoms with Crippen molar-refractivity contribution in [2.45, 2.75) is 6.42 Å². The zero-order valence-corrected chi connectivity index (χ0v) is 12.8. The van der Waals surface area contributed by atoms with Gasteiger partial charge in [-0.2, -0.15) is 0 Å². The molecule has 21 heavy (non-hydrogen) atoms. The first kappa shape index (κ1) is 16.1. The maximum atomic E-state index is 11.6. The maximum absolute atomic E-state index is 11.6. The van der Waals surface area contributed by atoms with Gasteiger partial charge in [-0.1, -0.05) is 11.6 Å². The van der Waals surface area contributed by atoms with Gasteiger partial charge in [0.1, 0.15) is 18.8 Å². The molecule has 1 aliphatic rings. The van der Waals surface area contributed by atoms with Crippen LogP contribution in [0.2, 0.25) is 5.02 Å². The third-order valence-electron chi connectivity index (χ3n) is 3.41. The smallest absolute Gasteiger partial charge is 0.257 e. The summed E-state index contributed by atoms with van der Waals surface area (Å²) in [5, 5.41) is 3.52. The summed E-state index contributed by atoms with van der Waals surface area (Å²) >= 11 is 5.78. The molecule has 0 bridgehead atoms. The number of nitrogens with one attached hydrogen (secondary N) is 2. The van der Waals surface area contributed by atoms with Crippen molar-refractivity contribution in [3.63, 3.8) is 0 Å². The number of morpholine rings is 1. The van der Waals surface area contributed by atoms with Crippen molar-refractivity contribution in [2.75, 3.05) is 46.0 Å². The summed E-state index contributed by atoms with van der Waals surface area (Å²) in [5.74, 6) is 0.550. The molecule has 0 unspecified atom stereocenters. The molecule has 1 amide bonds. The first-order chi connectivity index (χ1) is 10.2. The van der Waals surface area contributed by atoms with Crippen LogP contribution in [0.5, 0.6) is 5.75 Å². The van der Waals surface area contributed by atoms with Crippen molar-refractivity contribution in [1.82, 2.24) is 5.32 Å². The highest BCUT2D eigenvalue weighted by Gasteiger charge is 2.12. The molecule has 0 radical (unpaired) electrons. The van der Waals surface area contributed by atoms with Crippen molar-refractivity contribution in [3.8, 4) is 5.75 Å². The summed E-state index contributed by atoms with van der Waals surface area (Å²) in [6.45, 7) is 5.61. The van der Waals surface area contributed by atoms with E-state index >= 15 is 0 Å². The van der Waals surface area contributed by atoms with E-state index in [1.54, 1.807) is 29.2 Å². The van der Waals surface area contributed by atoms with Crippen LogP contribution >= 0.6 is 11.6 Å². The summed E-state index contributed by atoms with van der Waals surface area (Å²) < 4.78 is 10.7. The van der Waals surface area contributed by atoms with E-state index in [0.29, 0.717) is 17.3 Å². The second-order valence-electron chi connectivity index (χ2n) is 5.06. The fraction of sp³-hybridized carbons (Fsp3) is 0.533. The summed E-state index contributed by atoms with van der Waals surface area (Å²) in [5.41, 5.74) is 0. The molecule has 2 N–H and O–H groups in total. The summed E-state index contributed by atoms with van der Waals surface area (Å²) in [4.78, 5) is 13.2. The second kappa shape index (κ2) is 8.87. The zero-order chi connectivity index (χ0) is 14.9. The van der Waals surface area contributed by atoms with E-state index < -0.39 is 0 Å². The van der Waals surface area contributed by atoms with Gasteiger partial charge < -0.3 is 19.7 Å². The second-order valence-corrected chi connectivity index (χ2v) is 5.49. The first-order valence-electron chi connectivity index (χ1n) is 7.30. The minimum absolute atomic E-state index is 0.0338. The van der Waals surface area contributed by atoms with Crippen LogP contribution in [0.1, 0.15) is 6.42 Å². The Morgan fingerprint density at radius 2 is 2.00 bits per heavy atom. The Kier molecular flexibility index (Phi) is 6.79. The van der Waals surface area contributed by atoms with Gasteiger partial charge in [0, 0.05) is 18.0 Å². The minimum atomic E-state index is -0.0954. The molecule has 1 heterocycles. The van der Waals surface area contributed by atoms with E-state index in [9.17, 15) is 4.79 Å². The Balaban J connectivity index is 1.54. The Hall–Kier alpha value is -1.30. The van der Waals surface area contributed by atoms with E-state index in [2.05, 4.69) is 5.32 Å². The number of carbonyl (C=O) groups is 1. The molecule has 1 aromatic rings. The molecule has 0 aromatic heterocycles. The normalized spacial score (nSPS) is 15.7. The number of ether oxygens (including phenoxy) is 2. The average molecular weight is 314 g/mol. The lowest BCUT2D eigenvalue weighted by molar-refractivity contribution is -0.908. The Morgan fingerprint density at radius 1 is 1.29 bits per heavy atom. The standard InChI is InChI=1S/C15H21ClN2O3/c16-13-2-4-14(5-3-13)21-12-15(19)17-6-1-7-18-8-10-20-11-9-18/h2-5H,1,6-12H2,(H,17,19)/p+1. The largest absolute Gasteiger partial charge is 0.484 e. The van der Waals surface area contributed by atoms with Crippen molar-refractivity contribution >= 4 is 17.5 Å². The number of carbonyl (C=O) groups excluding carboxylic acids is 1. The van der Waals surface area contributed by atoms with E-state index in [4.69, 9.17) is 21.1 Å². The predicted octanol–water partition coefficient (Wildman–Crippen LogP) is 0.140. The van der Waals surface area contributed by atoms with Crippen LogP contribution in [-0.2, 0) is 9.53 Å².